The first-order chi connectivity index (χ1) is 23.5. The third-order valence-electron chi connectivity index (χ3n) is 9.72. The second-order valence-electron chi connectivity index (χ2n) is 12.6. The van der Waals surface area contributed by atoms with Gasteiger partial charge in [-0.25, -0.2) is 14.2 Å². The number of azide groups is 1. The van der Waals surface area contributed by atoms with Crippen molar-refractivity contribution in [2.75, 3.05) is 19.9 Å². The Morgan fingerprint density at radius 3 is 2.86 bits per heavy atom. The van der Waals surface area contributed by atoms with Gasteiger partial charge in [0.25, 0.3) is 5.56 Å². The van der Waals surface area contributed by atoms with Gasteiger partial charge in [-0.2, -0.15) is 0 Å². The third-order valence-corrected chi connectivity index (χ3v) is 9.72. The molecule has 2 amide bonds. The molecule has 5 N–H and O–H groups in total. The first-order valence-electron chi connectivity index (χ1n) is 16.2. The molecule has 3 atom stereocenters. The molecule has 3 aromatic rings. The molecule has 2 aliphatic heterocycles. The summed E-state index contributed by atoms with van der Waals surface area (Å²) in [5.74, 6) is -2.14. The Kier molecular flexibility index (Phi) is 9.40. The number of aryl methyl sites for hydroxylation is 1. The van der Waals surface area contributed by atoms with Crippen molar-refractivity contribution in [3.05, 3.63) is 72.1 Å². The summed E-state index contributed by atoms with van der Waals surface area (Å²) in [6, 6.07) is 1.63. The first kappa shape index (κ1) is 34.0. The summed E-state index contributed by atoms with van der Waals surface area (Å²) in [4.78, 5) is 59.3. The number of hydrogen-bond acceptors (Lipinski definition) is 10. The molecule has 0 saturated heterocycles. The average Bonchev–Trinajstić information content (AvgIpc) is 3.46. The fourth-order valence-electron chi connectivity index (χ4n) is 7.05. The highest BCUT2D eigenvalue weighted by molar-refractivity contribution is 5.94. The number of carbonyl (C=O) groups is 3. The van der Waals surface area contributed by atoms with Crippen LogP contribution < -0.4 is 21.9 Å². The smallest absolute Gasteiger partial charge is 0.343 e. The molecule has 49 heavy (non-hydrogen) atoms. The topological polar surface area (TPSA) is 224 Å². The number of nitrogens with zero attached hydrogens (tertiary/aromatic N) is 5. The Labute approximate surface area is 279 Å². The van der Waals surface area contributed by atoms with Crippen LogP contribution in [0.25, 0.3) is 32.7 Å². The molecule has 0 fully saturated rings. The number of aromatic nitrogens is 2. The highest BCUT2D eigenvalue weighted by Crippen LogP contribution is 2.45. The van der Waals surface area contributed by atoms with Crippen molar-refractivity contribution in [3.63, 3.8) is 0 Å². The Balaban J connectivity index is 1.24. The van der Waals surface area contributed by atoms with Gasteiger partial charge in [0.15, 0.2) is 5.60 Å². The fourth-order valence-corrected chi connectivity index (χ4v) is 7.05. The minimum atomic E-state index is -2.00. The van der Waals surface area contributed by atoms with E-state index in [1.165, 1.54) is 10.6 Å². The number of cyclic esters (lactones) is 1. The standard InChI is InChI=1S/C33H37FN8O7/c1-3-33(47)20-10-25-29-18(12-42(25)31(45)19(20)13-49-32(33)46)28-23(8-7-17-16(2)21(34)11-24(40-29)27(17)28)39-26(43)14-48-15-37-30(44)22(35)6-4-5-9-38-41-36/h10-11,22-23,47H,3-9,12-15,35H2,1-2H3,(H,37,44)(H,39,43)/t22-,23-,33-/m0/s1. The molecule has 0 spiro atoms. The van der Waals surface area contributed by atoms with Crippen molar-refractivity contribution >= 4 is 28.7 Å². The van der Waals surface area contributed by atoms with E-state index in [0.29, 0.717) is 72.1 Å². The number of esters is 1. The van der Waals surface area contributed by atoms with Gasteiger partial charge >= 0.3 is 5.97 Å². The van der Waals surface area contributed by atoms with Gasteiger partial charge in [0.1, 0.15) is 25.8 Å². The molecule has 0 saturated carbocycles. The molecule has 3 aliphatic rings. The van der Waals surface area contributed by atoms with E-state index in [-0.39, 0.29) is 44.0 Å². The number of fused-ring (bicyclic) bond motifs is 5. The lowest BCUT2D eigenvalue weighted by Gasteiger charge is -2.31. The molecular weight excluding hydrogens is 639 g/mol. The number of benzene rings is 1. The lowest BCUT2D eigenvalue weighted by atomic mass is 9.81. The molecule has 2 aromatic heterocycles. The number of pyridine rings is 2. The predicted molar refractivity (Wildman–Crippen MR) is 173 cm³/mol. The summed E-state index contributed by atoms with van der Waals surface area (Å²) < 4.78 is 27.3. The zero-order valence-corrected chi connectivity index (χ0v) is 27.2. The highest BCUT2D eigenvalue weighted by atomic mass is 19.1. The number of amides is 2. The van der Waals surface area contributed by atoms with Crippen molar-refractivity contribution in [1.82, 2.24) is 20.2 Å². The van der Waals surface area contributed by atoms with Crippen LogP contribution in [-0.2, 0) is 49.0 Å². The van der Waals surface area contributed by atoms with E-state index in [0.717, 1.165) is 11.1 Å². The second-order valence-corrected chi connectivity index (χ2v) is 12.6. The lowest BCUT2D eigenvalue weighted by Crippen LogP contribution is -2.44. The molecular formula is C33H37FN8O7. The van der Waals surface area contributed by atoms with Crippen molar-refractivity contribution in [1.29, 1.82) is 0 Å². The average molecular weight is 677 g/mol. The van der Waals surface area contributed by atoms with Crippen LogP contribution in [-0.4, -0.2) is 58.4 Å². The van der Waals surface area contributed by atoms with Gasteiger partial charge in [-0.3, -0.25) is 14.4 Å². The van der Waals surface area contributed by atoms with Gasteiger partial charge in [0.05, 0.1) is 41.1 Å². The number of unbranched alkanes of at least 4 members (excludes halogenated alkanes) is 1. The summed E-state index contributed by atoms with van der Waals surface area (Å²) in [6.07, 6.45) is 2.52. The predicted octanol–water partition coefficient (Wildman–Crippen LogP) is 2.53. The van der Waals surface area contributed by atoms with Crippen molar-refractivity contribution in [2.24, 2.45) is 10.8 Å². The molecule has 16 heteroatoms. The van der Waals surface area contributed by atoms with Crippen LogP contribution in [0.2, 0.25) is 0 Å². The SMILES string of the molecule is CC[C@@]1(O)C(=O)OCc2c1cc1n(c2=O)Cc2c-1nc1cc(F)c(C)c3c1c2[C@@H](NC(=O)COCNC(=O)[C@@H](N)CCCCN=[N+]=[N-])CC3. The maximum atomic E-state index is 15.2. The number of halogens is 1. The molecule has 0 bridgehead atoms. The van der Waals surface area contributed by atoms with E-state index < -0.39 is 46.8 Å². The fraction of sp³-hybridized carbons (Fsp3) is 0.485. The van der Waals surface area contributed by atoms with Crippen LogP contribution in [0.5, 0.6) is 0 Å². The maximum Gasteiger partial charge on any atom is 0.343 e. The number of carbonyl (C=O) groups excluding carboxylic acids is 3. The van der Waals surface area contributed by atoms with Crippen molar-refractivity contribution < 1.29 is 33.4 Å². The van der Waals surface area contributed by atoms with Gasteiger partial charge in [0, 0.05) is 34.0 Å². The van der Waals surface area contributed by atoms with Gasteiger partial charge in [-0.1, -0.05) is 18.5 Å². The van der Waals surface area contributed by atoms with E-state index in [1.807, 2.05) is 0 Å². The molecule has 0 unspecified atom stereocenters. The summed E-state index contributed by atoms with van der Waals surface area (Å²) >= 11 is 0. The van der Waals surface area contributed by atoms with Crippen molar-refractivity contribution in [2.45, 2.75) is 83.2 Å². The summed E-state index contributed by atoms with van der Waals surface area (Å²) in [7, 11) is 0. The zero-order chi connectivity index (χ0) is 35.0. The van der Waals surface area contributed by atoms with Crippen LogP contribution >= 0.6 is 0 Å². The molecule has 0 radical (unpaired) electrons. The van der Waals surface area contributed by atoms with Crippen LogP contribution in [0.3, 0.4) is 0 Å². The highest BCUT2D eigenvalue weighted by Gasteiger charge is 2.46. The Bertz CT molecular complexity index is 1990. The molecule has 1 aromatic carbocycles. The number of nitrogens with one attached hydrogen (secondary N) is 2. The first-order valence-corrected chi connectivity index (χ1v) is 16.2. The molecule has 1 aliphatic carbocycles. The molecule has 6 rings (SSSR count). The zero-order valence-electron chi connectivity index (χ0n) is 27.2. The van der Waals surface area contributed by atoms with Gasteiger partial charge < -0.3 is 35.5 Å². The molecule has 15 nitrogen and oxygen atoms in total. The van der Waals surface area contributed by atoms with Gasteiger partial charge in [-0.05, 0) is 67.3 Å². The Morgan fingerprint density at radius 1 is 1.31 bits per heavy atom. The normalized spacial score (nSPS) is 19.3. The third kappa shape index (κ3) is 6.01. The quantitative estimate of drug-likeness (QED) is 0.0431. The number of nitrogens with two attached hydrogens (primary N) is 1. The minimum absolute atomic E-state index is 0.00830. The summed E-state index contributed by atoms with van der Waals surface area (Å²) in [5.41, 5.74) is 16.0. The van der Waals surface area contributed by atoms with E-state index in [2.05, 4.69) is 20.7 Å². The van der Waals surface area contributed by atoms with Crippen LogP contribution in [0.15, 0.2) is 22.0 Å². The Hall–Kier alpha value is -4.89. The van der Waals surface area contributed by atoms with E-state index in [9.17, 15) is 24.3 Å². The maximum absolute atomic E-state index is 15.2. The monoisotopic (exact) mass is 676 g/mol. The van der Waals surface area contributed by atoms with E-state index in [4.69, 9.17) is 25.7 Å². The van der Waals surface area contributed by atoms with Gasteiger partial charge in [0.2, 0.25) is 11.8 Å². The van der Waals surface area contributed by atoms with Gasteiger partial charge in [-0.15, -0.1) is 0 Å². The summed E-state index contributed by atoms with van der Waals surface area (Å²) in [5, 5.41) is 21.0. The van der Waals surface area contributed by atoms with Crippen molar-refractivity contribution in [3.8, 4) is 11.4 Å². The number of hydrogen-bond donors (Lipinski definition) is 4. The molecule has 258 valence electrons. The largest absolute Gasteiger partial charge is 0.458 e. The number of ether oxygens (including phenoxy) is 2. The Morgan fingerprint density at radius 2 is 2.10 bits per heavy atom. The van der Waals surface area contributed by atoms with Crippen LogP contribution in [0.4, 0.5) is 4.39 Å². The minimum Gasteiger partial charge on any atom is -0.458 e. The van der Waals surface area contributed by atoms with Crippen LogP contribution in [0.1, 0.15) is 78.5 Å². The van der Waals surface area contributed by atoms with E-state index >= 15 is 4.39 Å². The number of rotatable bonds is 12. The molecule has 4 heterocycles. The summed E-state index contributed by atoms with van der Waals surface area (Å²) in [6.45, 7) is 2.90. The van der Waals surface area contributed by atoms with Crippen LogP contribution in [0, 0.1) is 12.7 Å². The lowest BCUT2D eigenvalue weighted by molar-refractivity contribution is -0.172. The second kappa shape index (κ2) is 13.6. The van der Waals surface area contributed by atoms with E-state index in [1.54, 1.807) is 19.9 Å². The number of aliphatic hydroxyl groups is 1.